The van der Waals surface area contributed by atoms with E-state index in [0.717, 1.165) is 11.1 Å². The van der Waals surface area contributed by atoms with Crippen molar-refractivity contribution in [3.8, 4) is 0 Å². The van der Waals surface area contributed by atoms with E-state index in [0.29, 0.717) is 12.6 Å². The lowest BCUT2D eigenvalue weighted by molar-refractivity contribution is -0.164. The molecule has 0 aliphatic carbocycles. The smallest absolute Gasteiger partial charge is 0.403 e. The van der Waals surface area contributed by atoms with Gasteiger partial charge >= 0.3 is 6.18 Å². The van der Waals surface area contributed by atoms with Gasteiger partial charge in [-0.15, -0.1) is 0 Å². The third-order valence-corrected chi connectivity index (χ3v) is 4.85. The minimum absolute atomic E-state index is 0.00403. The summed E-state index contributed by atoms with van der Waals surface area (Å²) in [7, 11) is 0. The molecular formula is C19H29Cl2F3N4O2. The number of nitrogens with zero attached hydrogens (tertiary/aromatic N) is 2. The van der Waals surface area contributed by atoms with Crippen LogP contribution in [0, 0.1) is 16.7 Å². The maximum absolute atomic E-state index is 13.3. The summed E-state index contributed by atoms with van der Waals surface area (Å²) in [6.07, 6.45) is -4.56. The Bertz CT molecular complexity index is 688. The number of amides is 1. The monoisotopic (exact) mass is 472 g/mol. The molecule has 0 spiro atoms. The first-order valence-electron chi connectivity index (χ1n) is 9.10. The second-order valence-electron chi connectivity index (χ2n) is 7.84. The van der Waals surface area contributed by atoms with Crippen LogP contribution in [0.5, 0.6) is 0 Å². The Morgan fingerprint density at radius 2 is 1.87 bits per heavy atom. The molecule has 4 N–H and O–H groups in total. The van der Waals surface area contributed by atoms with Crippen molar-refractivity contribution in [2.75, 3.05) is 13.1 Å². The standard InChI is InChI=1S/C19H29Cl2F3N4O2/c1-6-12(20)15(13(21)8-26)14(29)9-28(10-18(2,3)4)17(30)11(7-25)16(27-5)19(22,23)24/h7-8,11,14,16,25,29H,5-6,9-10,26H2,1-4H3/b13-8+,15-12-,25-7?. The highest BCUT2D eigenvalue weighted by atomic mass is 35.5. The number of hydrogen-bond donors (Lipinski definition) is 3. The molecule has 172 valence electrons. The van der Waals surface area contributed by atoms with E-state index in [4.69, 9.17) is 34.3 Å². The number of aliphatic imine (C=N–C) groups is 1. The molecule has 1 amide bonds. The summed E-state index contributed by atoms with van der Waals surface area (Å²) in [5.74, 6) is -2.94. The van der Waals surface area contributed by atoms with Gasteiger partial charge in [-0.2, -0.15) is 13.2 Å². The zero-order chi connectivity index (χ0) is 23.9. The van der Waals surface area contributed by atoms with Crippen LogP contribution in [0.4, 0.5) is 13.2 Å². The van der Waals surface area contributed by atoms with Gasteiger partial charge in [0.15, 0.2) is 6.04 Å². The third-order valence-electron chi connectivity index (χ3n) is 4.05. The summed E-state index contributed by atoms with van der Waals surface area (Å²) in [5.41, 5.74) is 4.97. The number of carbonyl (C=O) groups excluding carboxylic acids is 1. The Labute approximate surface area is 185 Å². The van der Waals surface area contributed by atoms with Crippen molar-refractivity contribution in [3.63, 3.8) is 0 Å². The van der Waals surface area contributed by atoms with Gasteiger partial charge < -0.3 is 21.1 Å². The molecule has 0 fully saturated rings. The van der Waals surface area contributed by atoms with Gasteiger partial charge in [0.2, 0.25) is 5.91 Å². The molecule has 30 heavy (non-hydrogen) atoms. The number of carbonyl (C=O) groups is 1. The van der Waals surface area contributed by atoms with Gasteiger partial charge in [0.25, 0.3) is 0 Å². The Balaban J connectivity index is 6.16. The molecule has 6 nitrogen and oxygen atoms in total. The van der Waals surface area contributed by atoms with Crippen LogP contribution in [0.1, 0.15) is 34.1 Å². The number of nitrogens with two attached hydrogens (primary N) is 1. The highest BCUT2D eigenvalue weighted by Crippen LogP contribution is 2.31. The number of allylic oxidation sites excluding steroid dienone is 1. The molecule has 0 rings (SSSR count). The van der Waals surface area contributed by atoms with Gasteiger partial charge in [0, 0.05) is 29.6 Å². The largest absolute Gasteiger partial charge is 0.411 e. The number of alkyl halides is 3. The van der Waals surface area contributed by atoms with Crippen molar-refractivity contribution in [3.05, 3.63) is 21.8 Å². The van der Waals surface area contributed by atoms with E-state index in [1.54, 1.807) is 27.7 Å². The van der Waals surface area contributed by atoms with Gasteiger partial charge in [-0.1, -0.05) is 50.9 Å². The van der Waals surface area contributed by atoms with Crippen LogP contribution in [0.2, 0.25) is 0 Å². The second-order valence-corrected chi connectivity index (χ2v) is 8.71. The molecule has 0 aromatic heterocycles. The summed E-state index contributed by atoms with van der Waals surface area (Å²) in [6.45, 7) is 9.53. The predicted octanol–water partition coefficient (Wildman–Crippen LogP) is 4.06. The summed E-state index contributed by atoms with van der Waals surface area (Å²) >= 11 is 12.2. The van der Waals surface area contributed by atoms with Crippen LogP contribution in [-0.4, -0.2) is 60.3 Å². The van der Waals surface area contributed by atoms with E-state index < -0.39 is 42.1 Å². The first-order valence-corrected chi connectivity index (χ1v) is 9.86. The van der Waals surface area contributed by atoms with Crippen LogP contribution in [0.15, 0.2) is 26.8 Å². The minimum Gasteiger partial charge on any atom is -0.403 e. The molecule has 0 radical (unpaired) electrons. The fourth-order valence-corrected chi connectivity index (χ4v) is 3.30. The van der Waals surface area contributed by atoms with Gasteiger partial charge in [-0.3, -0.25) is 9.79 Å². The molecular weight excluding hydrogens is 444 g/mol. The zero-order valence-electron chi connectivity index (χ0n) is 17.4. The van der Waals surface area contributed by atoms with Crippen molar-refractivity contribution in [1.29, 1.82) is 5.41 Å². The van der Waals surface area contributed by atoms with E-state index in [2.05, 4.69) is 11.7 Å². The molecule has 11 heteroatoms. The lowest BCUT2D eigenvalue weighted by atomic mass is 9.93. The zero-order valence-corrected chi connectivity index (χ0v) is 18.9. The third kappa shape index (κ3) is 8.28. The first kappa shape index (κ1) is 28.4. The van der Waals surface area contributed by atoms with Crippen molar-refractivity contribution in [1.82, 2.24) is 4.90 Å². The molecule has 0 aromatic carbocycles. The predicted molar refractivity (Wildman–Crippen MR) is 115 cm³/mol. The van der Waals surface area contributed by atoms with E-state index in [-0.39, 0.29) is 22.2 Å². The lowest BCUT2D eigenvalue weighted by Gasteiger charge is -2.35. The van der Waals surface area contributed by atoms with Gasteiger partial charge in [-0.25, -0.2) is 0 Å². The number of nitrogens with one attached hydrogen (secondary N) is 1. The van der Waals surface area contributed by atoms with Gasteiger partial charge in [-0.05, 0) is 18.6 Å². The summed E-state index contributed by atoms with van der Waals surface area (Å²) in [4.78, 5) is 17.1. The highest BCUT2D eigenvalue weighted by molar-refractivity contribution is 6.35. The van der Waals surface area contributed by atoms with E-state index >= 15 is 0 Å². The highest BCUT2D eigenvalue weighted by Gasteiger charge is 2.48. The Kier molecular flexibility index (Phi) is 11.1. The number of halogens is 5. The maximum atomic E-state index is 13.3. The minimum atomic E-state index is -4.87. The number of hydrogen-bond acceptors (Lipinski definition) is 5. The summed E-state index contributed by atoms with van der Waals surface area (Å²) in [6, 6.07) is -2.48. The van der Waals surface area contributed by atoms with E-state index in [1.165, 1.54) is 0 Å². The summed E-state index contributed by atoms with van der Waals surface area (Å²) < 4.78 is 39.9. The van der Waals surface area contributed by atoms with Crippen LogP contribution >= 0.6 is 23.2 Å². The average Bonchev–Trinajstić information content (AvgIpc) is 2.62. The summed E-state index contributed by atoms with van der Waals surface area (Å²) in [5, 5.41) is 18.3. The van der Waals surface area contributed by atoms with Crippen molar-refractivity contribution in [2.24, 2.45) is 22.1 Å². The van der Waals surface area contributed by atoms with Crippen LogP contribution in [0.25, 0.3) is 0 Å². The topological polar surface area (TPSA) is 103 Å². The Hall–Kier alpha value is -1.58. The van der Waals surface area contributed by atoms with Gasteiger partial charge in [0.05, 0.1) is 17.7 Å². The first-order chi connectivity index (χ1) is 13.6. The van der Waals surface area contributed by atoms with Crippen LogP contribution < -0.4 is 5.73 Å². The SMILES string of the molecule is C=NC(C(C=N)C(=O)N(CC(O)C(/C(Cl)=C\N)=C(\Cl)CC)CC(C)(C)C)C(F)(F)F. The normalized spacial score (nSPS) is 16.9. The Morgan fingerprint density at radius 3 is 2.20 bits per heavy atom. The molecule has 0 heterocycles. The molecule has 0 saturated carbocycles. The van der Waals surface area contributed by atoms with E-state index in [1.807, 2.05) is 0 Å². The van der Waals surface area contributed by atoms with Crippen molar-refractivity contribution in [2.45, 2.75) is 52.4 Å². The molecule has 0 aromatic rings. The molecule has 0 aliphatic rings. The molecule has 0 saturated heterocycles. The Morgan fingerprint density at radius 1 is 1.33 bits per heavy atom. The fourth-order valence-electron chi connectivity index (χ4n) is 2.78. The number of rotatable bonds is 10. The van der Waals surface area contributed by atoms with Crippen molar-refractivity contribution >= 4 is 42.0 Å². The quantitative estimate of drug-likeness (QED) is 0.329. The van der Waals surface area contributed by atoms with E-state index in [9.17, 15) is 23.1 Å². The van der Waals surface area contributed by atoms with Crippen LogP contribution in [0.3, 0.4) is 0 Å². The molecule has 0 aliphatic heterocycles. The fraction of sp³-hybridized carbons (Fsp3) is 0.632. The van der Waals surface area contributed by atoms with Crippen molar-refractivity contribution < 1.29 is 23.1 Å². The average molecular weight is 473 g/mol. The molecule has 0 bridgehead atoms. The lowest BCUT2D eigenvalue weighted by Crippen LogP contribution is -2.50. The molecule has 3 atom stereocenters. The number of aliphatic hydroxyl groups is 1. The van der Waals surface area contributed by atoms with Crippen LogP contribution in [-0.2, 0) is 4.79 Å². The number of aliphatic hydroxyl groups excluding tert-OH is 1. The molecule has 3 unspecified atom stereocenters. The maximum Gasteiger partial charge on any atom is 0.411 e. The second kappa shape index (κ2) is 11.7. The van der Waals surface area contributed by atoms with Gasteiger partial charge in [0.1, 0.15) is 5.92 Å².